The number of halogens is 1. The van der Waals surface area contributed by atoms with Crippen LogP contribution < -0.4 is 0 Å². The number of hydrogen-bond donors (Lipinski definition) is 1. The van der Waals surface area contributed by atoms with Crippen LogP contribution in [0.4, 0.5) is 4.39 Å². The maximum absolute atomic E-state index is 13.1. The molecule has 0 fully saturated rings. The Morgan fingerprint density at radius 1 is 1.29 bits per heavy atom. The smallest absolute Gasteiger partial charge is 0.123 e. The Bertz CT molecular complexity index is 602. The summed E-state index contributed by atoms with van der Waals surface area (Å²) >= 11 is 0. The molecule has 1 N–H and O–H groups in total. The summed E-state index contributed by atoms with van der Waals surface area (Å²) in [5.74, 6) is -0.260. The van der Waals surface area contributed by atoms with E-state index in [0.717, 1.165) is 23.5 Å². The monoisotopic (exact) mass is 290 g/mol. The Kier molecular flexibility index (Phi) is 4.47. The number of hydrogen-bond acceptors (Lipinski definition) is 2. The molecule has 2 rings (SSSR count). The third kappa shape index (κ3) is 3.32. The van der Waals surface area contributed by atoms with Gasteiger partial charge in [0.05, 0.1) is 11.8 Å². The summed E-state index contributed by atoms with van der Waals surface area (Å²) in [6, 6.07) is 8.35. The van der Waals surface area contributed by atoms with E-state index < -0.39 is 11.5 Å². The quantitative estimate of drug-likeness (QED) is 0.918. The standard InChI is InChI=1S/C17H23FN2O/c1-5-20-15(10-12(2)19-20)11-16(21)17(3,4)13-6-8-14(18)9-7-13/h6-10,16,21H,5,11H2,1-4H3. The normalized spacial score (nSPS) is 13.4. The number of aliphatic hydroxyl groups is 1. The van der Waals surface area contributed by atoms with Gasteiger partial charge in [0.2, 0.25) is 0 Å². The number of nitrogens with zero attached hydrogens (tertiary/aromatic N) is 2. The van der Waals surface area contributed by atoms with E-state index in [1.807, 2.05) is 38.4 Å². The van der Waals surface area contributed by atoms with E-state index in [-0.39, 0.29) is 5.82 Å². The number of aliphatic hydroxyl groups excluding tert-OH is 1. The van der Waals surface area contributed by atoms with Crippen molar-refractivity contribution in [3.63, 3.8) is 0 Å². The Morgan fingerprint density at radius 3 is 2.48 bits per heavy atom. The lowest BCUT2D eigenvalue weighted by Gasteiger charge is -2.31. The van der Waals surface area contributed by atoms with Crippen molar-refractivity contribution in [3.05, 3.63) is 53.1 Å². The first-order valence-electron chi connectivity index (χ1n) is 7.32. The first kappa shape index (κ1) is 15.7. The van der Waals surface area contributed by atoms with Crippen molar-refractivity contribution in [1.82, 2.24) is 9.78 Å². The third-order valence-corrected chi connectivity index (χ3v) is 4.11. The molecule has 1 heterocycles. The summed E-state index contributed by atoms with van der Waals surface area (Å²) in [5.41, 5.74) is 2.46. The van der Waals surface area contributed by atoms with E-state index >= 15 is 0 Å². The lowest BCUT2D eigenvalue weighted by Crippen LogP contribution is -2.35. The Labute approximate surface area is 125 Å². The van der Waals surface area contributed by atoms with E-state index in [0.29, 0.717) is 6.42 Å². The molecule has 2 aromatic rings. The van der Waals surface area contributed by atoms with Crippen molar-refractivity contribution in [2.24, 2.45) is 0 Å². The van der Waals surface area contributed by atoms with Crippen LogP contribution in [-0.2, 0) is 18.4 Å². The summed E-state index contributed by atoms with van der Waals surface area (Å²) in [7, 11) is 0. The molecule has 1 aromatic carbocycles. The van der Waals surface area contributed by atoms with Crippen molar-refractivity contribution >= 4 is 0 Å². The molecule has 0 radical (unpaired) electrons. The van der Waals surface area contributed by atoms with Gasteiger partial charge in [0, 0.05) is 24.1 Å². The average molecular weight is 290 g/mol. The maximum atomic E-state index is 13.1. The third-order valence-electron chi connectivity index (χ3n) is 4.11. The van der Waals surface area contributed by atoms with Crippen LogP contribution in [-0.4, -0.2) is 21.0 Å². The second-order valence-corrected chi connectivity index (χ2v) is 6.04. The van der Waals surface area contributed by atoms with E-state index in [9.17, 15) is 9.50 Å². The van der Waals surface area contributed by atoms with Gasteiger partial charge in [-0.15, -0.1) is 0 Å². The maximum Gasteiger partial charge on any atom is 0.123 e. The molecule has 0 saturated heterocycles. The van der Waals surface area contributed by atoms with Crippen LogP contribution in [0.2, 0.25) is 0 Å². The van der Waals surface area contributed by atoms with Gasteiger partial charge in [-0.1, -0.05) is 26.0 Å². The highest BCUT2D eigenvalue weighted by atomic mass is 19.1. The zero-order valence-corrected chi connectivity index (χ0v) is 13.1. The van der Waals surface area contributed by atoms with Gasteiger partial charge in [-0.25, -0.2) is 4.39 Å². The second kappa shape index (κ2) is 5.98. The lowest BCUT2D eigenvalue weighted by atomic mass is 9.77. The number of aromatic nitrogens is 2. The highest BCUT2D eigenvalue weighted by Gasteiger charge is 2.30. The molecule has 3 nitrogen and oxygen atoms in total. The zero-order valence-electron chi connectivity index (χ0n) is 13.1. The van der Waals surface area contributed by atoms with Crippen LogP contribution in [0.15, 0.2) is 30.3 Å². The van der Waals surface area contributed by atoms with Crippen molar-refractivity contribution in [2.75, 3.05) is 0 Å². The van der Waals surface area contributed by atoms with Gasteiger partial charge in [0.15, 0.2) is 0 Å². The van der Waals surface area contributed by atoms with Gasteiger partial charge in [-0.3, -0.25) is 4.68 Å². The van der Waals surface area contributed by atoms with E-state index in [1.54, 1.807) is 12.1 Å². The van der Waals surface area contributed by atoms with Crippen molar-refractivity contribution in [1.29, 1.82) is 0 Å². The van der Waals surface area contributed by atoms with Crippen LogP contribution in [0.1, 0.15) is 37.7 Å². The fourth-order valence-corrected chi connectivity index (χ4v) is 2.56. The molecule has 114 valence electrons. The van der Waals surface area contributed by atoms with Crippen molar-refractivity contribution in [2.45, 2.75) is 52.2 Å². The van der Waals surface area contributed by atoms with Crippen molar-refractivity contribution < 1.29 is 9.50 Å². The van der Waals surface area contributed by atoms with Gasteiger partial charge in [-0.2, -0.15) is 5.10 Å². The summed E-state index contributed by atoms with van der Waals surface area (Å²) in [6.07, 6.45) is -0.0386. The van der Waals surface area contributed by atoms with Crippen LogP contribution in [0, 0.1) is 12.7 Å². The molecule has 1 aromatic heterocycles. The molecule has 0 bridgehead atoms. The molecule has 21 heavy (non-hydrogen) atoms. The summed E-state index contributed by atoms with van der Waals surface area (Å²) in [6.45, 7) is 8.72. The van der Waals surface area contributed by atoms with E-state index in [2.05, 4.69) is 5.10 Å². The first-order valence-corrected chi connectivity index (χ1v) is 7.32. The molecule has 1 atom stereocenters. The molecule has 0 spiro atoms. The minimum absolute atomic E-state index is 0.260. The number of rotatable bonds is 5. The molecule has 0 aliphatic rings. The summed E-state index contributed by atoms with van der Waals surface area (Å²) in [4.78, 5) is 0. The lowest BCUT2D eigenvalue weighted by molar-refractivity contribution is 0.0978. The average Bonchev–Trinajstić information content (AvgIpc) is 2.79. The molecular weight excluding hydrogens is 267 g/mol. The van der Waals surface area contributed by atoms with Gasteiger partial charge in [-0.05, 0) is 37.6 Å². The fraction of sp³-hybridized carbons (Fsp3) is 0.471. The Morgan fingerprint density at radius 2 is 1.90 bits per heavy atom. The minimum Gasteiger partial charge on any atom is -0.392 e. The SMILES string of the molecule is CCn1nc(C)cc1CC(O)C(C)(C)c1ccc(F)cc1. The van der Waals surface area contributed by atoms with Gasteiger partial charge in [0.25, 0.3) is 0 Å². The van der Waals surface area contributed by atoms with Crippen LogP contribution in [0.25, 0.3) is 0 Å². The topological polar surface area (TPSA) is 38.0 Å². The van der Waals surface area contributed by atoms with E-state index in [1.165, 1.54) is 12.1 Å². The minimum atomic E-state index is -0.565. The molecule has 0 amide bonds. The van der Waals surface area contributed by atoms with Crippen LogP contribution in [0.3, 0.4) is 0 Å². The predicted octanol–water partition coefficient (Wildman–Crippen LogP) is 3.23. The molecule has 1 unspecified atom stereocenters. The number of aryl methyl sites for hydroxylation is 2. The van der Waals surface area contributed by atoms with Crippen LogP contribution in [0.5, 0.6) is 0 Å². The Balaban J connectivity index is 2.21. The van der Waals surface area contributed by atoms with E-state index in [4.69, 9.17) is 0 Å². The molecule has 0 saturated carbocycles. The van der Waals surface area contributed by atoms with Gasteiger partial charge < -0.3 is 5.11 Å². The van der Waals surface area contributed by atoms with Crippen LogP contribution >= 0.6 is 0 Å². The Hall–Kier alpha value is -1.68. The predicted molar refractivity (Wildman–Crippen MR) is 81.8 cm³/mol. The molecule has 0 aliphatic carbocycles. The zero-order chi connectivity index (χ0) is 15.6. The second-order valence-electron chi connectivity index (χ2n) is 6.04. The number of benzene rings is 1. The van der Waals surface area contributed by atoms with Gasteiger partial charge in [0.1, 0.15) is 5.82 Å². The van der Waals surface area contributed by atoms with Gasteiger partial charge >= 0.3 is 0 Å². The highest BCUT2D eigenvalue weighted by molar-refractivity contribution is 5.26. The summed E-state index contributed by atoms with van der Waals surface area (Å²) < 4.78 is 15.0. The molecule has 0 aliphatic heterocycles. The summed E-state index contributed by atoms with van der Waals surface area (Å²) in [5, 5.41) is 15.1. The molecule has 4 heteroatoms. The first-order chi connectivity index (χ1) is 9.84. The largest absolute Gasteiger partial charge is 0.392 e. The molecular formula is C17H23FN2O. The fourth-order valence-electron chi connectivity index (χ4n) is 2.56. The van der Waals surface area contributed by atoms with Crippen molar-refractivity contribution in [3.8, 4) is 0 Å². The highest BCUT2D eigenvalue weighted by Crippen LogP contribution is 2.29.